The quantitative estimate of drug-likeness (QED) is 0.303. The summed E-state index contributed by atoms with van der Waals surface area (Å²) in [6.07, 6.45) is 1.42. The number of hydrogen-bond donors (Lipinski definition) is 0. The number of benzene rings is 2. The van der Waals surface area contributed by atoms with Gasteiger partial charge in [0.15, 0.2) is 0 Å². The molecule has 0 unspecified atom stereocenters. The molecule has 148 valence electrons. The number of aryl methyl sites for hydroxylation is 3. The van der Waals surface area contributed by atoms with E-state index in [1.807, 2.05) is 31.2 Å². The maximum atomic E-state index is 13.7. The van der Waals surface area contributed by atoms with E-state index in [1.54, 1.807) is 19.1 Å². The zero-order valence-corrected chi connectivity index (χ0v) is 16.9. The number of halogens is 1. The van der Waals surface area contributed by atoms with Crippen molar-refractivity contribution in [2.24, 2.45) is 0 Å². The summed E-state index contributed by atoms with van der Waals surface area (Å²) in [5.41, 5.74) is 3.27. The van der Waals surface area contributed by atoms with E-state index in [1.165, 1.54) is 23.4 Å². The van der Waals surface area contributed by atoms with Gasteiger partial charge < -0.3 is 8.94 Å². The van der Waals surface area contributed by atoms with Crippen molar-refractivity contribution < 1.29 is 13.3 Å². The first-order chi connectivity index (χ1) is 14.1. The summed E-state index contributed by atoms with van der Waals surface area (Å²) < 4.78 is 24.7. The molecule has 0 spiro atoms. The second kappa shape index (κ2) is 8.57. The first-order valence-electron chi connectivity index (χ1n) is 9.21. The number of rotatable bonds is 7. The Morgan fingerprint density at radius 3 is 2.59 bits per heavy atom. The van der Waals surface area contributed by atoms with Gasteiger partial charge in [0.05, 0.1) is 0 Å². The first kappa shape index (κ1) is 19.3. The highest BCUT2D eigenvalue weighted by atomic mass is 32.2. The van der Waals surface area contributed by atoms with E-state index in [9.17, 15) is 4.39 Å². The standard InChI is InChI=1S/C21H19FN4O2S/c1-13-5-8-15(9-6-13)20-24-25-21(27-20)29-11-3-4-18-23-19(26-28-18)16-10-7-14(2)17(22)12-16/h5-10,12H,3-4,11H2,1-2H3. The van der Waals surface area contributed by atoms with Gasteiger partial charge in [-0.2, -0.15) is 4.98 Å². The zero-order chi connectivity index (χ0) is 20.2. The van der Waals surface area contributed by atoms with E-state index < -0.39 is 0 Å². The lowest BCUT2D eigenvalue weighted by atomic mass is 10.1. The van der Waals surface area contributed by atoms with Crippen LogP contribution in [0.4, 0.5) is 4.39 Å². The Morgan fingerprint density at radius 2 is 1.79 bits per heavy atom. The summed E-state index contributed by atoms with van der Waals surface area (Å²) in [7, 11) is 0. The third-order valence-electron chi connectivity index (χ3n) is 4.36. The normalized spacial score (nSPS) is 11.1. The van der Waals surface area contributed by atoms with Crippen LogP contribution in [-0.2, 0) is 6.42 Å². The van der Waals surface area contributed by atoms with E-state index in [0.717, 1.165) is 17.7 Å². The van der Waals surface area contributed by atoms with Crippen LogP contribution in [0.3, 0.4) is 0 Å². The molecule has 4 rings (SSSR count). The van der Waals surface area contributed by atoms with Crippen molar-refractivity contribution in [2.75, 3.05) is 5.75 Å². The maximum Gasteiger partial charge on any atom is 0.276 e. The fourth-order valence-corrected chi connectivity index (χ4v) is 3.37. The van der Waals surface area contributed by atoms with Crippen LogP contribution < -0.4 is 0 Å². The molecule has 0 amide bonds. The Morgan fingerprint density at radius 1 is 1.00 bits per heavy atom. The Hall–Kier alpha value is -3.00. The molecule has 0 aliphatic rings. The fraction of sp³-hybridized carbons (Fsp3) is 0.238. The van der Waals surface area contributed by atoms with Gasteiger partial charge in [0, 0.05) is 23.3 Å². The second-order valence-corrected chi connectivity index (χ2v) is 7.71. The van der Waals surface area contributed by atoms with Gasteiger partial charge in [0.1, 0.15) is 5.82 Å². The van der Waals surface area contributed by atoms with Crippen LogP contribution in [0.5, 0.6) is 0 Å². The van der Waals surface area contributed by atoms with E-state index in [2.05, 4.69) is 20.3 Å². The predicted molar refractivity (Wildman–Crippen MR) is 108 cm³/mol. The van der Waals surface area contributed by atoms with Crippen molar-refractivity contribution in [3.63, 3.8) is 0 Å². The first-order valence-corrected chi connectivity index (χ1v) is 10.2. The van der Waals surface area contributed by atoms with Crippen LogP contribution in [0.1, 0.15) is 23.4 Å². The average molecular weight is 410 g/mol. The zero-order valence-electron chi connectivity index (χ0n) is 16.1. The Balaban J connectivity index is 1.28. The molecule has 29 heavy (non-hydrogen) atoms. The van der Waals surface area contributed by atoms with Crippen molar-refractivity contribution >= 4 is 11.8 Å². The van der Waals surface area contributed by atoms with Crippen LogP contribution in [0, 0.1) is 19.7 Å². The highest BCUT2D eigenvalue weighted by Gasteiger charge is 2.12. The monoisotopic (exact) mass is 410 g/mol. The third kappa shape index (κ3) is 4.71. The van der Waals surface area contributed by atoms with Gasteiger partial charge in [-0.05, 0) is 44.0 Å². The molecule has 4 aromatic rings. The van der Waals surface area contributed by atoms with Crippen LogP contribution in [0.15, 0.2) is 56.6 Å². The molecule has 0 bridgehead atoms. The lowest BCUT2D eigenvalue weighted by molar-refractivity contribution is 0.378. The van der Waals surface area contributed by atoms with E-state index in [0.29, 0.717) is 40.4 Å². The minimum absolute atomic E-state index is 0.283. The smallest absolute Gasteiger partial charge is 0.276 e. The van der Waals surface area contributed by atoms with Gasteiger partial charge in [-0.1, -0.05) is 46.7 Å². The minimum atomic E-state index is -0.283. The van der Waals surface area contributed by atoms with Crippen LogP contribution >= 0.6 is 11.8 Å². The van der Waals surface area contributed by atoms with Gasteiger partial charge in [-0.15, -0.1) is 10.2 Å². The van der Waals surface area contributed by atoms with Crippen molar-refractivity contribution in [1.82, 2.24) is 20.3 Å². The summed E-state index contributed by atoms with van der Waals surface area (Å²) in [6.45, 7) is 3.75. The Labute approximate surface area is 171 Å². The summed E-state index contributed by atoms with van der Waals surface area (Å²) in [6, 6.07) is 12.8. The number of thioether (sulfide) groups is 1. The molecule has 0 aliphatic heterocycles. The lowest BCUT2D eigenvalue weighted by Crippen LogP contribution is -1.89. The van der Waals surface area contributed by atoms with Crippen molar-refractivity contribution in [2.45, 2.75) is 31.9 Å². The van der Waals surface area contributed by atoms with Crippen molar-refractivity contribution in [1.29, 1.82) is 0 Å². The number of hydrogen-bond acceptors (Lipinski definition) is 7. The van der Waals surface area contributed by atoms with E-state index >= 15 is 0 Å². The summed E-state index contributed by atoms with van der Waals surface area (Å²) >= 11 is 1.49. The summed E-state index contributed by atoms with van der Waals surface area (Å²) in [4.78, 5) is 4.34. The molecule has 2 aromatic heterocycles. The highest BCUT2D eigenvalue weighted by molar-refractivity contribution is 7.99. The molecule has 0 radical (unpaired) electrons. The Bertz CT molecular complexity index is 1110. The van der Waals surface area contributed by atoms with Gasteiger partial charge in [-0.3, -0.25) is 0 Å². The van der Waals surface area contributed by atoms with Crippen molar-refractivity contribution in [3.8, 4) is 22.8 Å². The van der Waals surface area contributed by atoms with Gasteiger partial charge in [0.2, 0.25) is 17.6 Å². The second-order valence-electron chi connectivity index (χ2n) is 6.67. The molecule has 0 fully saturated rings. The molecular weight excluding hydrogens is 391 g/mol. The van der Waals surface area contributed by atoms with E-state index in [4.69, 9.17) is 8.94 Å². The fourth-order valence-electron chi connectivity index (χ4n) is 2.67. The molecule has 0 saturated carbocycles. The summed E-state index contributed by atoms with van der Waals surface area (Å²) in [5, 5.41) is 12.6. The van der Waals surface area contributed by atoms with Gasteiger partial charge >= 0.3 is 0 Å². The third-order valence-corrected chi connectivity index (χ3v) is 5.27. The predicted octanol–water partition coefficient (Wildman–Crippen LogP) is 5.27. The molecule has 0 saturated heterocycles. The topological polar surface area (TPSA) is 77.8 Å². The van der Waals surface area contributed by atoms with Gasteiger partial charge in [0.25, 0.3) is 5.22 Å². The molecule has 8 heteroatoms. The lowest BCUT2D eigenvalue weighted by Gasteiger charge is -1.97. The van der Waals surface area contributed by atoms with Crippen LogP contribution in [-0.4, -0.2) is 26.1 Å². The molecule has 6 nitrogen and oxygen atoms in total. The highest BCUT2D eigenvalue weighted by Crippen LogP contribution is 2.24. The van der Waals surface area contributed by atoms with Gasteiger partial charge in [-0.25, -0.2) is 4.39 Å². The number of aromatic nitrogens is 4. The largest absolute Gasteiger partial charge is 0.411 e. The average Bonchev–Trinajstić information content (AvgIpc) is 3.38. The SMILES string of the molecule is Cc1ccc(-c2nnc(SCCCc3nc(-c4ccc(C)c(F)c4)no3)o2)cc1. The van der Waals surface area contributed by atoms with Crippen LogP contribution in [0.25, 0.3) is 22.8 Å². The maximum absolute atomic E-state index is 13.7. The Kier molecular flexibility index (Phi) is 5.71. The molecule has 0 N–H and O–H groups in total. The molecule has 0 atom stereocenters. The minimum Gasteiger partial charge on any atom is -0.411 e. The number of nitrogens with zero attached hydrogens (tertiary/aromatic N) is 4. The van der Waals surface area contributed by atoms with E-state index in [-0.39, 0.29) is 5.82 Å². The van der Waals surface area contributed by atoms with Crippen LogP contribution in [0.2, 0.25) is 0 Å². The molecule has 2 aromatic carbocycles. The summed E-state index contributed by atoms with van der Waals surface area (Å²) in [5.74, 6) is 1.92. The molecule has 2 heterocycles. The molecule has 0 aliphatic carbocycles. The molecular formula is C21H19FN4O2S. The van der Waals surface area contributed by atoms with Crippen molar-refractivity contribution in [3.05, 3.63) is 65.3 Å².